The third-order valence-electron chi connectivity index (χ3n) is 1.48. The summed E-state index contributed by atoms with van der Waals surface area (Å²) < 4.78 is 7.44. The number of hydrogen-bond donors (Lipinski definition) is 0. The summed E-state index contributed by atoms with van der Waals surface area (Å²) in [5, 5.41) is 0. The van der Waals surface area contributed by atoms with Crippen molar-refractivity contribution in [3.63, 3.8) is 0 Å². The van der Waals surface area contributed by atoms with Crippen molar-refractivity contribution in [3.8, 4) is 0 Å². The molecule has 0 spiro atoms. The van der Waals surface area contributed by atoms with Crippen LogP contribution in [0.25, 0.3) is 0 Å². The van der Waals surface area contributed by atoms with E-state index >= 15 is 0 Å². The predicted molar refractivity (Wildman–Crippen MR) is 50.2 cm³/mol. The summed E-state index contributed by atoms with van der Waals surface area (Å²) in [6.45, 7) is 15.8. The van der Waals surface area contributed by atoms with Crippen molar-refractivity contribution in [2.75, 3.05) is 0 Å². The predicted octanol–water partition coefficient (Wildman–Crippen LogP) is 1.71. The van der Waals surface area contributed by atoms with Gasteiger partial charge in [0.25, 0.3) is 0 Å². The Balaban J connectivity index is 2.76. The number of hydrogen-bond acceptors (Lipinski definition) is 0. The first kappa shape index (κ1) is 8.82. The maximum atomic E-state index is 4.09. The molecular weight excluding hydrogens is 514 g/mol. The van der Waals surface area contributed by atoms with Crippen LogP contribution in [0.1, 0.15) is 0 Å². The van der Waals surface area contributed by atoms with E-state index in [1.54, 1.807) is 1.98 Å². The van der Waals surface area contributed by atoms with Crippen LogP contribution in [-0.2, 0) is 0 Å². The molecule has 0 aromatic rings. The summed E-state index contributed by atoms with van der Waals surface area (Å²) in [5.41, 5.74) is 0. The summed E-state index contributed by atoms with van der Waals surface area (Å²) in [4.78, 5) is 0. The van der Waals surface area contributed by atoms with Crippen LogP contribution in [0.15, 0.2) is 35.9 Å². The second kappa shape index (κ2) is 3.42. The van der Waals surface area contributed by atoms with E-state index < -0.39 is 43.5 Å². The number of rotatable bonds is 2. The van der Waals surface area contributed by atoms with Gasteiger partial charge in [0.05, 0.1) is 0 Å². The summed E-state index contributed by atoms with van der Waals surface area (Å²) in [6.07, 6.45) is 0. The van der Waals surface area contributed by atoms with Gasteiger partial charge >= 0.3 is 79.4 Å². The van der Waals surface area contributed by atoms with Crippen molar-refractivity contribution in [3.05, 3.63) is 35.9 Å². The van der Waals surface area contributed by atoms with Gasteiger partial charge in [0, 0.05) is 0 Å². The van der Waals surface area contributed by atoms with E-state index in [-0.39, 0.29) is 0 Å². The fourth-order valence-corrected chi connectivity index (χ4v) is 44.6. The van der Waals surface area contributed by atoms with Gasteiger partial charge in [-0.05, 0) is 0 Å². The molecule has 0 saturated carbocycles. The first-order valence-corrected chi connectivity index (χ1v) is 13.9. The molecule has 0 N–H and O–H groups in total. The SMILES string of the molecule is C=[CH][Bi]1[C](=C)[Bi]([CH]=C)[C]1=C. The zero-order chi connectivity index (χ0) is 7.72. The van der Waals surface area contributed by atoms with Gasteiger partial charge in [0.1, 0.15) is 0 Å². The van der Waals surface area contributed by atoms with Gasteiger partial charge < -0.3 is 0 Å². The normalized spacial score (nSPS) is 20.4. The molecule has 1 fully saturated rings. The van der Waals surface area contributed by atoms with E-state index in [4.69, 9.17) is 0 Å². The van der Waals surface area contributed by atoms with E-state index in [9.17, 15) is 0 Å². The van der Waals surface area contributed by atoms with Crippen LogP contribution < -0.4 is 0 Å². The minimum absolute atomic E-state index is 1.44. The van der Waals surface area contributed by atoms with Crippen LogP contribution in [0, 0.1) is 0 Å². The van der Waals surface area contributed by atoms with Crippen LogP contribution in [-0.4, -0.2) is 43.5 Å². The first-order chi connectivity index (χ1) is 4.72. The third kappa shape index (κ3) is 1.21. The molecule has 0 atom stereocenters. The molecule has 1 saturated heterocycles. The second-order valence-corrected chi connectivity index (χ2v) is 30.6. The molecule has 2 heteroatoms. The van der Waals surface area contributed by atoms with Crippen molar-refractivity contribution in [1.29, 1.82) is 0 Å². The Bertz CT molecular complexity index is 179. The first-order valence-electron chi connectivity index (χ1n) is 2.93. The molecule has 10 heavy (non-hydrogen) atoms. The van der Waals surface area contributed by atoms with Gasteiger partial charge in [0.2, 0.25) is 0 Å². The van der Waals surface area contributed by atoms with Crippen molar-refractivity contribution in [2.45, 2.75) is 0 Å². The van der Waals surface area contributed by atoms with Gasteiger partial charge in [-0.1, -0.05) is 0 Å². The van der Waals surface area contributed by atoms with Crippen LogP contribution in [0.3, 0.4) is 0 Å². The van der Waals surface area contributed by atoms with E-state index in [1.807, 2.05) is 0 Å². The molecule has 0 aromatic carbocycles. The van der Waals surface area contributed by atoms with Crippen molar-refractivity contribution < 1.29 is 0 Å². The maximum absolute atomic E-state index is 4.09. The molecule has 0 nitrogen and oxygen atoms in total. The van der Waals surface area contributed by atoms with Crippen LogP contribution >= 0.6 is 0 Å². The summed E-state index contributed by atoms with van der Waals surface area (Å²) in [5.74, 6) is 0. The quantitative estimate of drug-likeness (QED) is 0.484. The monoisotopic (exact) mass is 524 g/mol. The summed E-state index contributed by atoms with van der Waals surface area (Å²) >= 11 is -2.89. The molecule has 52 valence electrons. The molecule has 0 unspecified atom stereocenters. The molecule has 0 aromatic heterocycles. The van der Waals surface area contributed by atoms with Crippen LogP contribution in [0.4, 0.5) is 0 Å². The topological polar surface area (TPSA) is 0 Å². The van der Waals surface area contributed by atoms with Crippen LogP contribution in [0.2, 0.25) is 0 Å². The fraction of sp³-hybridized carbons (Fsp3) is 0. The van der Waals surface area contributed by atoms with Crippen molar-refractivity contribution >= 4 is 43.5 Å². The Morgan fingerprint density at radius 3 is 1.40 bits per heavy atom. The van der Waals surface area contributed by atoms with E-state index in [1.165, 1.54) is 0 Å². The molecule has 0 amide bonds. The Morgan fingerprint density at radius 2 is 1.20 bits per heavy atom. The van der Waals surface area contributed by atoms with Crippen LogP contribution in [0.5, 0.6) is 0 Å². The summed E-state index contributed by atoms with van der Waals surface area (Å²) in [7, 11) is 0. The average Bonchev–Trinajstić information content (AvgIpc) is 1.90. The second-order valence-electron chi connectivity index (χ2n) is 1.94. The molecule has 0 radical (unpaired) electrons. The minimum atomic E-state index is -1.44. The van der Waals surface area contributed by atoms with E-state index in [2.05, 4.69) is 33.9 Å². The van der Waals surface area contributed by atoms with Crippen molar-refractivity contribution in [2.24, 2.45) is 0 Å². The molecule has 0 aliphatic carbocycles. The Labute approximate surface area is 78.4 Å². The van der Waals surface area contributed by atoms with Gasteiger partial charge in [-0.2, -0.15) is 0 Å². The molecular formula is C8H10Bi2. The van der Waals surface area contributed by atoms with E-state index in [0.29, 0.717) is 0 Å². The standard InChI is InChI=1S/2C2H3.2C2H2.2Bi/c4*1-2;;/h2*1H,2H2;2*1H2;;. The fourth-order valence-electron chi connectivity index (χ4n) is 0.907. The molecule has 1 aliphatic heterocycles. The van der Waals surface area contributed by atoms with E-state index in [0.717, 1.165) is 0 Å². The van der Waals surface area contributed by atoms with Gasteiger partial charge in [0.15, 0.2) is 0 Å². The average molecular weight is 524 g/mol. The van der Waals surface area contributed by atoms with Gasteiger partial charge in [-0.3, -0.25) is 0 Å². The summed E-state index contributed by atoms with van der Waals surface area (Å²) in [6, 6.07) is 0. The van der Waals surface area contributed by atoms with Crippen molar-refractivity contribution in [1.82, 2.24) is 0 Å². The molecule has 0 bridgehead atoms. The molecule has 1 heterocycles. The molecule has 1 aliphatic rings. The molecule has 1 rings (SSSR count). The zero-order valence-electron chi connectivity index (χ0n) is 5.88. The Hall–Kier alpha value is 0.726. The Morgan fingerprint density at radius 1 is 0.900 bits per heavy atom. The Kier molecular flexibility index (Phi) is 3.01. The van der Waals surface area contributed by atoms with Gasteiger partial charge in [-0.15, -0.1) is 0 Å². The zero-order valence-corrected chi connectivity index (χ0v) is 12.8. The third-order valence-corrected chi connectivity index (χ3v) is 42.4. The van der Waals surface area contributed by atoms with Gasteiger partial charge in [-0.25, -0.2) is 0 Å².